The molecule has 6 nitrogen and oxygen atoms in total. The summed E-state index contributed by atoms with van der Waals surface area (Å²) < 4.78 is 5.37. The van der Waals surface area contributed by atoms with Gasteiger partial charge in [-0.2, -0.15) is 5.26 Å². The summed E-state index contributed by atoms with van der Waals surface area (Å²) in [5, 5.41) is 20.8. The lowest BCUT2D eigenvalue weighted by Crippen LogP contribution is -2.13. The number of nitrogens with one attached hydrogen (secondary N) is 1. The van der Waals surface area contributed by atoms with Crippen molar-refractivity contribution >= 4 is 23.6 Å². The van der Waals surface area contributed by atoms with E-state index in [1.165, 1.54) is 11.6 Å². The van der Waals surface area contributed by atoms with Crippen LogP contribution in [0.15, 0.2) is 54.1 Å². The van der Waals surface area contributed by atoms with Crippen molar-refractivity contribution in [3.63, 3.8) is 0 Å². The summed E-state index contributed by atoms with van der Waals surface area (Å²) in [4.78, 5) is 23.0. The molecule has 0 atom stereocenters. The van der Waals surface area contributed by atoms with Crippen LogP contribution in [0.5, 0.6) is 5.75 Å². The van der Waals surface area contributed by atoms with Crippen molar-refractivity contribution in [3.05, 3.63) is 65.2 Å². The molecule has 0 heterocycles. The smallest absolute Gasteiger partial charge is 0.306 e. The van der Waals surface area contributed by atoms with Crippen LogP contribution in [0.1, 0.15) is 37.3 Å². The molecule has 0 saturated carbocycles. The maximum atomic E-state index is 12.4. The van der Waals surface area contributed by atoms with E-state index in [4.69, 9.17) is 9.84 Å². The van der Waals surface area contributed by atoms with Gasteiger partial charge in [0.05, 0.1) is 13.0 Å². The normalized spacial score (nSPS) is 10.8. The zero-order chi connectivity index (χ0) is 21.1. The molecule has 0 saturated heterocycles. The van der Waals surface area contributed by atoms with Crippen molar-refractivity contribution in [2.45, 2.75) is 32.6 Å². The number of carboxylic acids is 1. The highest BCUT2D eigenvalue weighted by Crippen LogP contribution is 2.18. The predicted octanol–water partition coefficient (Wildman–Crippen LogP) is 4.43. The van der Waals surface area contributed by atoms with E-state index in [0.29, 0.717) is 17.0 Å². The SMILES string of the molecule is CCCCc1ccc(NC(=O)/C(C#N)=C\c2cccc(OCCC(=O)O)c2)cc1. The molecule has 150 valence electrons. The monoisotopic (exact) mass is 392 g/mol. The third kappa shape index (κ3) is 7.51. The zero-order valence-electron chi connectivity index (χ0n) is 16.4. The second kappa shape index (κ2) is 11.3. The number of benzene rings is 2. The van der Waals surface area contributed by atoms with Crippen LogP contribution in [0.4, 0.5) is 5.69 Å². The fourth-order valence-corrected chi connectivity index (χ4v) is 2.60. The van der Waals surface area contributed by atoms with E-state index < -0.39 is 11.9 Å². The Balaban J connectivity index is 2.04. The molecule has 0 aliphatic heterocycles. The summed E-state index contributed by atoms with van der Waals surface area (Å²) in [7, 11) is 0. The van der Waals surface area contributed by atoms with Crippen LogP contribution in [0.3, 0.4) is 0 Å². The van der Waals surface area contributed by atoms with Gasteiger partial charge in [-0.3, -0.25) is 9.59 Å². The minimum atomic E-state index is -0.942. The number of carbonyl (C=O) groups excluding carboxylic acids is 1. The highest BCUT2D eigenvalue weighted by molar-refractivity contribution is 6.09. The van der Waals surface area contributed by atoms with Gasteiger partial charge in [0.15, 0.2) is 0 Å². The van der Waals surface area contributed by atoms with Gasteiger partial charge in [-0.15, -0.1) is 0 Å². The number of rotatable bonds is 10. The van der Waals surface area contributed by atoms with Crippen LogP contribution in [-0.2, 0) is 16.0 Å². The maximum absolute atomic E-state index is 12.4. The number of amides is 1. The second-order valence-corrected chi connectivity index (χ2v) is 6.49. The Morgan fingerprint density at radius 2 is 1.97 bits per heavy atom. The predicted molar refractivity (Wildman–Crippen MR) is 111 cm³/mol. The topological polar surface area (TPSA) is 99.4 Å². The maximum Gasteiger partial charge on any atom is 0.306 e. The van der Waals surface area contributed by atoms with E-state index in [9.17, 15) is 14.9 Å². The third-order valence-corrected chi connectivity index (χ3v) is 4.15. The molecular formula is C23H24N2O4. The number of nitrogens with zero attached hydrogens (tertiary/aromatic N) is 1. The first-order valence-corrected chi connectivity index (χ1v) is 9.48. The van der Waals surface area contributed by atoms with Gasteiger partial charge in [-0.25, -0.2) is 0 Å². The average Bonchev–Trinajstić information content (AvgIpc) is 2.71. The minimum absolute atomic E-state index is 0.0391. The summed E-state index contributed by atoms with van der Waals surface area (Å²) in [6.45, 7) is 2.19. The first-order valence-electron chi connectivity index (χ1n) is 9.48. The molecule has 2 aromatic rings. The number of anilines is 1. The molecule has 1 amide bonds. The van der Waals surface area contributed by atoms with E-state index in [-0.39, 0.29) is 18.6 Å². The van der Waals surface area contributed by atoms with Gasteiger partial charge in [-0.05, 0) is 54.3 Å². The summed E-state index contributed by atoms with van der Waals surface area (Å²) in [6, 6.07) is 16.3. The number of hydrogen-bond acceptors (Lipinski definition) is 4. The first-order chi connectivity index (χ1) is 14.0. The Morgan fingerprint density at radius 1 is 1.21 bits per heavy atom. The van der Waals surface area contributed by atoms with E-state index in [1.54, 1.807) is 24.3 Å². The van der Waals surface area contributed by atoms with Crippen LogP contribution in [0, 0.1) is 11.3 Å². The largest absolute Gasteiger partial charge is 0.493 e. The van der Waals surface area contributed by atoms with E-state index in [1.807, 2.05) is 30.3 Å². The molecule has 0 bridgehead atoms. The molecule has 2 aromatic carbocycles. The number of unbranched alkanes of at least 4 members (excludes halogenated alkanes) is 1. The van der Waals surface area contributed by atoms with Gasteiger partial charge in [0.1, 0.15) is 17.4 Å². The standard InChI is InChI=1S/C23H24N2O4/c1-2-3-5-17-8-10-20(11-9-17)25-23(28)19(16-24)14-18-6-4-7-21(15-18)29-13-12-22(26)27/h4,6-11,14-15H,2-3,5,12-13H2,1H3,(H,25,28)(H,26,27)/b19-14-. The van der Waals surface area contributed by atoms with Crippen molar-refractivity contribution < 1.29 is 19.4 Å². The lowest BCUT2D eigenvalue weighted by atomic mass is 10.1. The van der Waals surface area contributed by atoms with Crippen molar-refractivity contribution in [1.29, 1.82) is 5.26 Å². The molecule has 0 radical (unpaired) electrons. The number of hydrogen-bond donors (Lipinski definition) is 2. The van der Waals surface area contributed by atoms with Crippen molar-refractivity contribution in [3.8, 4) is 11.8 Å². The van der Waals surface area contributed by atoms with Crippen LogP contribution >= 0.6 is 0 Å². The van der Waals surface area contributed by atoms with Crippen molar-refractivity contribution in [2.75, 3.05) is 11.9 Å². The highest BCUT2D eigenvalue weighted by atomic mass is 16.5. The Morgan fingerprint density at radius 3 is 2.62 bits per heavy atom. The fourth-order valence-electron chi connectivity index (χ4n) is 2.60. The number of nitriles is 1. The van der Waals surface area contributed by atoms with Gasteiger partial charge >= 0.3 is 5.97 Å². The number of carbonyl (C=O) groups is 2. The van der Waals surface area contributed by atoms with Crippen LogP contribution in [0.2, 0.25) is 0 Å². The molecule has 2 N–H and O–H groups in total. The van der Waals surface area contributed by atoms with Crippen LogP contribution in [0.25, 0.3) is 6.08 Å². The number of aryl methyl sites for hydroxylation is 1. The van der Waals surface area contributed by atoms with Gasteiger partial charge < -0.3 is 15.2 Å². The lowest BCUT2D eigenvalue weighted by molar-refractivity contribution is -0.137. The van der Waals surface area contributed by atoms with Crippen LogP contribution in [-0.4, -0.2) is 23.6 Å². The highest BCUT2D eigenvalue weighted by Gasteiger charge is 2.10. The zero-order valence-corrected chi connectivity index (χ0v) is 16.4. The first kappa shape index (κ1) is 21.7. The molecule has 6 heteroatoms. The molecule has 29 heavy (non-hydrogen) atoms. The minimum Gasteiger partial charge on any atom is -0.493 e. The summed E-state index contributed by atoms with van der Waals surface area (Å²) >= 11 is 0. The summed E-state index contributed by atoms with van der Waals surface area (Å²) in [6.07, 6.45) is 4.60. The summed E-state index contributed by atoms with van der Waals surface area (Å²) in [5.74, 6) is -0.964. The molecule has 0 aromatic heterocycles. The molecular weight excluding hydrogens is 368 g/mol. The molecule has 0 spiro atoms. The van der Waals surface area contributed by atoms with Gasteiger partial charge in [0.25, 0.3) is 5.91 Å². The number of aliphatic carboxylic acids is 1. The van der Waals surface area contributed by atoms with Gasteiger partial charge in [-0.1, -0.05) is 37.6 Å². The third-order valence-electron chi connectivity index (χ3n) is 4.15. The van der Waals surface area contributed by atoms with E-state index >= 15 is 0 Å². The van der Waals surface area contributed by atoms with Crippen LogP contribution < -0.4 is 10.1 Å². The molecule has 2 rings (SSSR count). The molecule has 0 unspecified atom stereocenters. The van der Waals surface area contributed by atoms with Gasteiger partial charge in [0.2, 0.25) is 0 Å². The molecule has 0 aliphatic carbocycles. The van der Waals surface area contributed by atoms with Crippen molar-refractivity contribution in [1.82, 2.24) is 0 Å². The Bertz CT molecular complexity index is 911. The van der Waals surface area contributed by atoms with E-state index in [0.717, 1.165) is 19.3 Å². The number of carboxylic acid groups (broad SMARTS) is 1. The fraction of sp³-hybridized carbons (Fsp3) is 0.261. The Labute approximate surface area is 170 Å². The van der Waals surface area contributed by atoms with Crippen molar-refractivity contribution in [2.24, 2.45) is 0 Å². The Kier molecular flexibility index (Phi) is 8.46. The Hall–Kier alpha value is -3.59. The molecule has 0 aliphatic rings. The van der Waals surface area contributed by atoms with Gasteiger partial charge in [0, 0.05) is 5.69 Å². The lowest BCUT2D eigenvalue weighted by Gasteiger charge is -2.07. The average molecular weight is 392 g/mol. The van der Waals surface area contributed by atoms with E-state index in [2.05, 4.69) is 12.2 Å². The molecule has 0 fully saturated rings. The second-order valence-electron chi connectivity index (χ2n) is 6.49. The quantitative estimate of drug-likeness (QED) is 0.460. The number of ether oxygens (including phenoxy) is 1. The summed E-state index contributed by atoms with van der Waals surface area (Å²) in [5.41, 5.74) is 2.41.